The molecule has 3 rings (SSSR count). The van der Waals surface area contributed by atoms with Crippen LogP contribution in [-0.4, -0.2) is 19.1 Å². The highest BCUT2D eigenvalue weighted by Gasteiger charge is 2.26. The summed E-state index contributed by atoms with van der Waals surface area (Å²) in [6.07, 6.45) is 2.07. The monoisotopic (exact) mass is 351 g/mol. The first-order valence-electron chi connectivity index (χ1n) is 7.77. The SMILES string of the molecule is COC(=O)Cc1c(C)c2cc(Cl)c([O-])c(C[NH2+]C3CC3)c2oc1=O. The Labute approximate surface area is 143 Å². The number of carbonyl (C=O) groups is 1. The van der Waals surface area contributed by atoms with Crippen molar-refractivity contribution in [1.82, 2.24) is 0 Å². The molecule has 2 aromatic rings. The van der Waals surface area contributed by atoms with E-state index in [-0.39, 0.29) is 28.3 Å². The van der Waals surface area contributed by atoms with Gasteiger partial charge in [-0.2, -0.15) is 0 Å². The van der Waals surface area contributed by atoms with Gasteiger partial charge in [-0.15, -0.1) is 0 Å². The number of carbonyl (C=O) groups excluding carboxylic acids is 1. The number of benzene rings is 1. The van der Waals surface area contributed by atoms with Crippen molar-refractivity contribution in [2.75, 3.05) is 7.11 Å². The molecule has 1 saturated carbocycles. The Kier molecular flexibility index (Phi) is 4.51. The van der Waals surface area contributed by atoms with Crippen molar-refractivity contribution in [2.24, 2.45) is 0 Å². The summed E-state index contributed by atoms with van der Waals surface area (Å²) in [5.74, 6) is -0.845. The zero-order valence-electron chi connectivity index (χ0n) is 13.5. The van der Waals surface area contributed by atoms with Crippen molar-refractivity contribution in [3.05, 3.63) is 38.2 Å². The Morgan fingerprint density at radius 3 is 2.79 bits per heavy atom. The Morgan fingerprint density at radius 2 is 2.17 bits per heavy atom. The van der Waals surface area contributed by atoms with Crippen LogP contribution in [0.15, 0.2) is 15.3 Å². The molecule has 1 aromatic heterocycles. The van der Waals surface area contributed by atoms with Gasteiger partial charge in [0.1, 0.15) is 12.1 Å². The maximum Gasteiger partial charge on any atom is 0.340 e. The Hall–Kier alpha value is -2.05. The minimum Gasteiger partial charge on any atom is -0.871 e. The van der Waals surface area contributed by atoms with Gasteiger partial charge in [0.2, 0.25) is 0 Å². The molecule has 0 radical (unpaired) electrons. The number of fused-ring (bicyclic) bond motifs is 1. The summed E-state index contributed by atoms with van der Waals surface area (Å²) >= 11 is 6.08. The van der Waals surface area contributed by atoms with Crippen LogP contribution in [0.5, 0.6) is 5.75 Å². The van der Waals surface area contributed by atoms with Crippen molar-refractivity contribution < 1.29 is 24.4 Å². The van der Waals surface area contributed by atoms with Crippen LogP contribution in [0.3, 0.4) is 0 Å². The number of halogens is 1. The number of hydrogen-bond acceptors (Lipinski definition) is 5. The van der Waals surface area contributed by atoms with E-state index in [0.717, 1.165) is 12.8 Å². The fourth-order valence-corrected chi connectivity index (χ4v) is 2.98. The molecule has 24 heavy (non-hydrogen) atoms. The van der Waals surface area contributed by atoms with Crippen LogP contribution in [0.2, 0.25) is 5.02 Å². The summed E-state index contributed by atoms with van der Waals surface area (Å²) in [6, 6.07) is 2.02. The largest absolute Gasteiger partial charge is 0.871 e. The topological polar surface area (TPSA) is 96.2 Å². The van der Waals surface area contributed by atoms with Crippen LogP contribution in [0.25, 0.3) is 11.0 Å². The number of quaternary nitrogens is 1. The van der Waals surface area contributed by atoms with Gasteiger partial charge in [0.15, 0.2) is 0 Å². The lowest BCUT2D eigenvalue weighted by atomic mass is 10.0. The van der Waals surface area contributed by atoms with Gasteiger partial charge in [0.05, 0.1) is 25.1 Å². The van der Waals surface area contributed by atoms with E-state index in [9.17, 15) is 14.7 Å². The van der Waals surface area contributed by atoms with Crippen molar-refractivity contribution in [1.29, 1.82) is 0 Å². The highest BCUT2D eigenvalue weighted by Crippen LogP contribution is 2.34. The maximum atomic E-state index is 12.4. The lowest BCUT2D eigenvalue weighted by molar-refractivity contribution is -0.684. The molecule has 0 bridgehead atoms. The van der Waals surface area contributed by atoms with Crippen molar-refractivity contribution in [3.63, 3.8) is 0 Å². The van der Waals surface area contributed by atoms with Crippen LogP contribution in [0.4, 0.5) is 0 Å². The molecule has 1 aromatic carbocycles. The van der Waals surface area contributed by atoms with E-state index in [2.05, 4.69) is 10.1 Å². The predicted octanol–water partition coefficient (Wildman–Crippen LogP) is 0.770. The van der Waals surface area contributed by atoms with E-state index in [4.69, 9.17) is 16.0 Å². The second-order valence-corrected chi connectivity index (χ2v) is 6.47. The smallest absolute Gasteiger partial charge is 0.340 e. The van der Waals surface area contributed by atoms with Crippen LogP contribution in [0.1, 0.15) is 29.5 Å². The van der Waals surface area contributed by atoms with Gasteiger partial charge >= 0.3 is 11.6 Å². The number of rotatable bonds is 5. The molecule has 6 nitrogen and oxygen atoms in total. The van der Waals surface area contributed by atoms with E-state index in [1.807, 2.05) is 0 Å². The summed E-state index contributed by atoms with van der Waals surface area (Å²) in [7, 11) is 1.26. The van der Waals surface area contributed by atoms with Crippen LogP contribution >= 0.6 is 11.6 Å². The lowest BCUT2D eigenvalue weighted by Gasteiger charge is -2.18. The standard InChI is InChI=1S/C17H18ClNO5/c1-8-10-5-13(18)15(21)12(7-19-9-3-4-9)16(10)24-17(22)11(8)6-14(20)23-2/h5,9,19,21H,3-4,6-7H2,1-2H3. The van der Waals surface area contributed by atoms with Gasteiger partial charge in [-0.05, 0) is 18.6 Å². The predicted molar refractivity (Wildman–Crippen MR) is 86.0 cm³/mol. The van der Waals surface area contributed by atoms with Gasteiger partial charge in [-0.3, -0.25) is 4.79 Å². The molecule has 128 valence electrons. The quantitative estimate of drug-likeness (QED) is 0.634. The highest BCUT2D eigenvalue weighted by molar-refractivity contribution is 6.33. The van der Waals surface area contributed by atoms with Gasteiger partial charge in [-0.1, -0.05) is 17.4 Å². The van der Waals surface area contributed by atoms with Crippen molar-refractivity contribution in [2.45, 2.75) is 38.8 Å². The molecule has 7 heteroatoms. The average Bonchev–Trinajstić information content (AvgIpc) is 3.37. The summed E-state index contributed by atoms with van der Waals surface area (Å²) in [4.78, 5) is 23.8. The van der Waals surface area contributed by atoms with Crippen LogP contribution in [0, 0.1) is 6.92 Å². The molecule has 1 aliphatic rings. The second-order valence-electron chi connectivity index (χ2n) is 6.07. The maximum absolute atomic E-state index is 12.4. The zero-order chi connectivity index (χ0) is 17.4. The Morgan fingerprint density at radius 1 is 1.46 bits per heavy atom. The normalized spacial score (nSPS) is 14.1. The summed E-state index contributed by atoms with van der Waals surface area (Å²) in [5, 5.41) is 15.1. The summed E-state index contributed by atoms with van der Waals surface area (Å²) in [5.41, 5.74) is 0.842. The molecule has 0 atom stereocenters. The number of esters is 1. The molecule has 0 unspecified atom stereocenters. The molecule has 2 N–H and O–H groups in total. The van der Waals surface area contributed by atoms with E-state index in [1.54, 1.807) is 6.92 Å². The first kappa shape index (κ1) is 16.8. The van der Waals surface area contributed by atoms with Crippen LogP contribution in [-0.2, 0) is 22.5 Å². The molecular formula is C17H18ClNO5. The molecular weight excluding hydrogens is 334 g/mol. The first-order chi connectivity index (χ1) is 11.4. The number of nitrogens with two attached hydrogens (primary N) is 1. The molecule has 1 aliphatic carbocycles. The van der Waals surface area contributed by atoms with Gasteiger partial charge in [-0.25, -0.2) is 4.79 Å². The molecule has 0 amide bonds. The number of ether oxygens (including phenoxy) is 1. The van der Waals surface area contributed by atoms with Crippen LogP contribution < -0.4 is 16.0 Å². The number of methoxy groups -OCH3 is 1. The molecule has 0 saturated heterocycles. The minimum absolute atomic E-state index is 0.0858. The third-order valence-corrected chi connectivity index (χ3v) is 4.69. The Bertz CT molecular complexity index is 870. The lowest BCUT2D eigenvalue weighted by Crippen LogP contribution is -2.84. The third-order valence-electron chi connectivity index (χ3n) is 4.40. The Balaban J connectivity index is 2.15. The molecule has 1 fully saturated rings. The van der Waals surface area contributed by atoms with E-state index in [1.165, 1.54) is 13.2 Å². The fourth-order valence-electron chi connectivity index (χ4n) is 2.76. The van der Waals surface area contributed by atoms with E-state index < -0.39 is 11.6 Å². The fraction of sp³-hybridized carbons (Fsp3) is 0.412. The number of hydrogen-bond donors (Lipinski definition) is 1. The van der Waals surface area contributed by atoms with Crippen molar-refractivity contribution in [3.8, 4) is 5.75 Å². The molecule has 0 aliphatic heterocycles. The summed E-state index contributed by atoms with van der Waals surface area (Å²) in [6.45, 7) is 2.13. The first-order valence-corrected chi connectivity index (χ1v) is 8.15. The van der Waals surface area contributed by atoms with Gasteiger partial charge in [0, 0.05) is 28.8 Å². The average molecular weight is 352 g/mol. The van der Waals surface area contributed by atoms with Crippen molar-refractivity contribution >= 4 is 28.5 Å². The minimum atomic E-state index is -0.625. The van der Waals surface area contributed by atoms with E-state index in [0.29, 0.717) is 29.1 Å². The third kappa shape index (κ3) is 3.12. The number of aryl methyl sites for hydroxylation is 1. The molecule has 0 spiro atoms. The van der Waals surface area contributed by atoms with Gasteiger partial charge in [0.25, 0.3) is 0 Å². The van der Waals surface area contributed by atoms with Gasteiger partial charge < -0.3 is 19.6 Å². The highest BCUT2D eigenvalue weighted by atomic mass is 35.5. The van der Waals surface area contributed by atoms with E-state index >= 15 is 0 Å². The molecule has 1 heterocycles. The summed E-state index contributed by atoms with van der Waals surface area (Å²) < 4.78 is 10.0. The second kappa shape index (κ2) is 6.45. The zero-order valence-corrected chi connectivity index (χ0v) is 14.2.